The molecule has 0 spiro atoms. The third-order valence-electron chi connectivity index (χ3n) is 3.72. The molecule has 0 bridgehead atoms. The van der Waals surface area contributed by atoms with Gasteiger partial charge in [0, 0.05) is 24.5 Å². The van der Waals surface area contributed by atoms with Gasteiger partial charge in [-0.2, -0.15) is 5.10 Å². The summed E-state index contributed by atoms with van der Waals surface area (Å²) in [7, 11) is 0. The van der Waals surface area contributed by atoms with Gasteiger partial charge < -0.3 is 10.6 Å². The molecule has 114 valence electrons. The maximum atomic E-state index is 12.4. The van der Waals surface area contributed by atoms with E-state index in [1.807, 2.05) is 18.3 Å². The van der Waals surface area contributed by atoms with E-state index in [0.29, 0.717) is 18.5 Å². The average Bonchev–Trinajstić information content (AvgIpc) is 3.00. The van der Waals surface area contributed by atoms with E-state index in [1.165, 1.54) is 0 Å². The number of aromatic nitrogens is 2. The fraction of sp³-hybridized carbons (Fsp3) is 0.312. The lowest BCUT2D eigenvalue weighted by Gasteiger charge is -2.15. The Bertz CT molecular complexity index is 667. The number of hydrogen-bond acceptors (Lipinski definition) is 3. The van der Waals surface area contributed by atoms with E-state index in [2.05, 4.69) is 15.7 Å². The lowest BCUT2D eigenvalue weighted by molar-refractivity contribution is -0.122. The Morgan fingerprint density at radius 3 is 3.05 bits per heavy atom. The van der Waals surface area contributed by atoms with E-state index < -0.39 is 6.04 Å². The fourth-order valence-electron chi connectivity index (χ4n) is 2.53. The van der Waals surface area contributed by atoms with Crippen LogP contribution < -0.4 is 10.6 Å². The van der Waals surface area contributed by atoms with Gasteiger partial charge in [0.2, 0.25) is 5.91 Å². The zero-order valence-corrected chi connectivity index (χ0v) is 12.2. The first-order valence-electron chi connectivity index (χ1n) is 7.43. The summed E-state index contributed by atoms with van der Waals surface area (Å²) in [5.74, 6) is -0.342. The summed E-state index contributed by atoms with van der Waals surface area (Å²) >= 11 is 0. The standard InChI is InChI=1S/C16H18N4O2/c21-15(19-14-7-1-2-8-17-16(14)22)12-5-3-6-13(11-12)20-10-4-9-18-20/h3-6,9-11,14H,1-2,7-8H2,(H,17,22)(H,19,21)/t14-/m1/s1. The summed E-state index contributed by atoms with van der Waals surface area (Å²) in [5.41, 5.74) is 1.33. The second kappa shape index (κ2) is 6.43. The smallest absolute Gasteiger partial charge is 0.252 e. The van der Waals surface area contributed by atoms with Gasteiger partial charge in [-0.3, -0.25) is 9.59 Å². The minimum absolute atomic E-state index is 0.103. The van der Waals surface area contributed by atoms with Crippen molar-refractivity contribution in [1.82, 2.24) is 20.4 Å². The number of benzene rings is 1. The van der Waals surface area contributed by atoms with Crippen LogP contribution in [0.1, 0.15) is 29.6 Å². The Morgan fingerprint density at radius 1 is 1.32 bits per heavy atom. The third-order valence-corrected chi connectivity index (χ3v) is 3.72. The average molecular weight is 298 g/mol. The molecule has 0 radical (unpaired) electrons. The monoisotopic (exact) mass is 298 g/mol. The van der Waals surface area contributed by atoms with Crippen LogP contribution in [0.15, 0.2) is 42.7 Å². The Balaban J connectivity index is 1.74. The molecule has 2 heterocycles. The first-order valence-corrected chi connectivity index (χ1v) is 7.43. The van der Waals surface area contributed by atoms with Gasteiger partial charge in [0.15, 0.2) is 0 Å². The van der Waals surface area contributed by atoms with Crippen molar-refractivity contribution in [3.05, 3.63) is 48.3 Å². The maximum Gasteiger partial charge on any atom is 0.252 e. The molecule has 0 unspecified atom stereocenters. The molecule has 2 amide bonds. The Labute approximate surface area is 128 Å². The van der Waals surface area contributed by atoms with Crippen LogP contribution in [0.5, 0.6) is 0 Å². The van der Waals surface area contributed by atoms with Crippen LogP contribution in [0.4, 0.5) is 0 Å². The van der Waals surface area contributed by atoms with Crippen molar-refractivity contribution in [2.24, 2.45) is 0 Å². The summed E-state index contributed by atoms with van der Waals surface area (Å²) in [4.78, 5) is 24.3. The highest BCUT2D eigenvalue weighted by Gasteiger charge is 2.22. The molecule has 0 saturated carbocycles. The predicted octanol–water partition coefficient (Wildman–Crippen LogP) is 1.27. The summed E-state index contributed by atoms with van der Waals surface area (Å²) < 4.78 is 1.69. The van der Waals surface area contributed by atoms with Crippen molar-refractivity contribution in [3.63, 3.8) is 0 Å². The van der Waals surface area contributed by atoms with Crippen LogP contribution in [-0.4, -0.2) is 34.2 Å². The summed E-state index contributed by atoms with van der Waals surface area (Å²) in [6, 6.07) is 8.54. The van der Waals surface area contributed by atoms with Crippen LogP contribution in [-0.2, 0) is 4.79 Å². The number of carbonyl (C=O) groups is 2. The molecule has 2 aromatic rings. The molecule has 3 rings (SSSR count). The molecule has 1 fully saturated rings. The minimum Gasteiger partial charge on any atom is -0.354 e. The van der Waals surface area contributed by atoms with Crippen molar-refractivity contribution in [2.75, 3.05) is 6.54 Å². The van der Waals surface area contributed by atoms with E-state index in [4.69, 9.17) is 0 Å². The number of nitrogens with one attached hydrogen (secondary N) is 2. The van der Waals surface area contributed by atoms with Gasteiger partial charge in [-0.25, -0.2) is 4.68 Å². The molecule has 1 aliphatic rings. The summed E-state index contributed by atoms with van der Waals surface area (Å²) in [6.45, 7) is 0.681. The highest BCUT2D eigenvalue weighted by Crippen LogP contribution is 2.11. The van der Waals surface area contributed by atoms with Gasteiger partial charge in [-0.15, -0.1) is 0 Å². The van der Waals surface area contributed by atoms with Crippen molar-refractivity contribution in [1.29, 1.82) is 0 Å². The molecule has 22 heavy (non-hydrogen) atoms. The second-order valence-electron chi connectivity index (χ2n) is 5.31. The molecule has 6 nitrogen and oxygen atoms in total. The van der Waals surface area contributed by atoms with Gasteiger partial charge in [0.05, 0.1) is 5.69 Å². The second-order valence-corrected chi connectivity index (χ2v) is 5.31. The van der Waals surface area contributed by atoms with Gasteiger partial charge in [-0.1, -0.05) is 6.07 Å². The summed E-state index contributed by atoms with van der Waals surface area (Å²) in [6.07, 6.45) is 6.05. The molecule has 1 saturated heterocycles. The molecular weight excluding hydrogens is 280 g/mol. The normalized spacial score (nSPS) is 18.4. The van der Waals surface area contributed by atoms with Gasteiger partial charge in [0.25, 0.3) is 5.91 Å². The predicted molar refractivity (Wildman–Crippen MR) is 81.7 cm³/mol. The SMILES string of the molecule is O=C(N[C@@H]1CCCCNC1=O)c1cccc(-n2cccn2)c1. The third kappa shape index (κ3) is 3.16. The van der Waals surface area contributed by atoms with Crippen molar-refractivity contribution < 1.29 is 9.59 Å². The lowest BCUT2D eigenvalue weighted by Crippen LogP contribution is -2.45. The van der Waals surface area contributed by atoms with Gasteiger partial charge >= 0.3 is 0 Å². The molecule has 1 aromatic heterocycles. The molecule has 2 N–H and O–H groups in total. The van der Waals surface area contributed by atoms with Crippen LogP contribution in [0.2, 0.25) is 0 Å². The maximum absolute atomic E-state index is 12.4. The quantitative estimate of drug-likeness (QED) is 0.896. The highest BCUT2D eigenvalue weighted by molar-refractivity contribution is 5.98. The van der Waals surface area contributed by atoms with Crippen molar-refractivity contribution in [2.45, 2.75) is 25.3 Å². The largest absolute Gasteiger partial charge is 0.354 e. The molecule has 1 aromatic carbocycles. The van der Waals surface area contributed by atoms with E-state index in [-0.39, 0.29) is 11.8 Å². The van der Waals surface area contributed by atoms with E-state index in [9.17, 15) is 9.59 Å². The van der Waals surface area contributed by atoms with E-state index in [1.54, 1.807) is 29.1 Å². The number of carbonyl (C=O) groups excluding carboxylic acids is 2. The molecular formula is C16H18N4O2. The van der Waals surface area contributed by atoms with Crippen LogP contribution in [0.3, 0.4) is 0 Å². The van der Waals surface area contributed by atoms with Crippen molar-refractivity contribution >= 4 is 11.8 Å². The molecule has 0 aliphatic carbocycles. The van der Waals surface area contributed by atoms with Crippen LogP contribution in [0, 0.1) is 0 Å². The topological polar surface area (TPSA) is 76.0 Å². The van der Waals surface area contributed by atoms with E-state index >= 15 is 0 Å². The first kappa shape index (κ1) is 14.3. The Morgan fingerprint density at radius 2 is 2.23 bits per heavy atom. The van der Waals surface area contributed by atoms with Crippen molar-refractivity contribution in [3.8, 4) is 5.69 Å². The minimum atomic E-state index is -0.455. The molecule has 6 heteroatoms. The van der Waals surface area contributed by atoms with Crippen LogP contribution in [0.25, 0.3) is 5.69 Å². The number of hydrogen-bond donors (Lipinski definition) is 2. The fourth-order valence-corrected chi connectivity index (χ4v) is 2.53. The Kier molecular flexibility index (Phi) is 4.18. The van der Waals surface area contributed by atoms with Gasteiger partial charge in [-0.05, 0) is 43.5 Å². The lowest BCUT2D eigenvalue weighted by atomic mass is 10.1. The highest BCUT2D eigenvalue weighted by atomic mass is 16.2. The van der Waals surface area contributed by atoms with E-state index in [0.717, 1.165) is 18.5 Å². The van der Waals surface area contributed by atoms with Crippen LogP contribution >= 0.6 is 0 Å². The molecule has 1 atom stereocenters. The number of rotatable bonds is 3. The summed E-state index contributed by atoms with van der Waals surface area (Å²) in [5, 5.41) is 9.78. The zero-order valence-electron chi connectivity index (χ0n) is 12.2. The first-order chi connectivity index (χ1) is 10.7. The zero-order chi connectivity index (χ0) is 15.4. The Hall–Kier alpha value is -2.63. The number of nitrogens with zero attached hydrogens (tertiary/aromatic N) is 2. The number of amides is 2. The molecule has 1 aliphatic heterocycles. The van der Waals surface area contributed by atoms with Gasteiger partial charge in [0.1, 0.15) is 6.04 Å².